The first kappa shape index (κ1) is 21.7. The van der Waals surface area contributed by atoms with E-state index in [4.69, 9.17) is 10.4 Å². The van der Waals surface area contributed by atoms with Gasteiger partial charge in [0.05, 0.1) is 6.21 Å². The molecule has 5 aromatic rings. The van der Waals surface area contributed by atoms with Crippen LogP contribution < -0.4 is 11.2 Å². The van der Waals surface area contributed by atoms with E-state index in [1.54, 1.807) is 6.21 Å². The highest BCUT2D eigenvalue weighted by atomic mass is 16.6. The maximum atomic E-state index is 13.0. The van der Waals surface area contributed by atoms with Gasteiger partial charge in [0.2, 0.25) is 11.6 Å². The Bertz CT molecular complexity index is 1490. The standard InChI is InChI=1S/C25H20N8O2/c1-16-7-11-20(12-8-16)22-21(28-32-33(22)24-23(26)30-35-31-24)25(34)29-27-15-17-9-13-19(14-10-17)18-5-3-2-4-6-18/h2-15H,1H3,(H2,26,30)(H,29,34)/b27-15-. The third-order valence-electron chi connectivity index (χ3n) is 5.30. The van der Waals surface area contributed by atoms with Gasteiger partial charge >= 0.3 is 0 Å². The molecule has 0 saturated carbocycles. The van der Waals surface area contributed by atoms with E-state index < -0.39 is 5.91 Å². The van der Waals surface area contributed by atoms with Gasteiger partial charge in [-0.25, -0.2) is 10.1 Å². The molecule has 35 heavy (non-hydrogen) atoms. The number of hydrogen-bond acceptors (Lipinski definition) is 8. The second kappa shape index (κ2) is 9.40. The number of anilines is 1. The first-order valence-corrected chi connectivity index (χ1v) is 10.7. The Hall–Kier alpha value is -5.12. The van der Waals surface area contributed by atoms with Gasteiger partial charge in [-0.15, -0.1) is 5.10 Å². The van der Waals surface area contributed by atoms with Crippen LogP contribution in [0.2, 0.25) is 0 Å². The van der Waals surface area contributed by atoms with E-state index in [0.717, 1.165) is 22.3 Å². The molecule has 2 aromatic heterocycles. The van der Waals surface area contributed by atoms with Crippen molar-refractivity contribution in [1.82, 2.24) is 30.7 Å². The summed E-state index contributed by atoms with van der Waals surface area (Å²) >= 11 is 0. The van der Waals surface area contributed by atoms with E-state index in [0.29, 0.717) is 11.3 Å². The molecular weight excluding hydrogens is 444 g/mol. The second-order valence-corrected chi connectivity index (χ2v) is 7.72. The number of nitrogens with two attached hydrogens (primary N) is 1. The molecule has 0 radical (unpaired) electrons. The summed E-state index contributed by atoms with van der Waals surface area (Å²) in [6.07, 6.45) is 1.56. The minimum Gasteiger partial charge on any atom is -0.378 e. The topological polar surface area (TPSA) is 137 Å². The van der Waals surface area contributed by atoms with Gasteiger partial charge in [-0.05, 0) is 33.9 Å². The minimum atomic E-state index is -0.543. The third-order valence-corrected chi connectivity index (χ3v) is 5.30. The third kappa shape index (κ3) is 4.53. The lowest BCUT2D eigenvalue weighted by Gasteiger charge is -2.06. The highest BCUT2D eigenvalue weighted by Gasteiger charge is 2.25. The van der Waals surface area contributed by atoms with Gasteiger partial charge in [0.1, 0.15) is 5.69 Å². The first-order chi connectivity index (χ1) is 17.1. The summed E-state index contributed by atoms with van der Waals surface area (Å²) in [6.45, 7) is 1.97. The Labute approximate surface area is 200 Å². The maximum absolute atomic E-state index is 13.0. The molecule has 10 nitrogen and oxygen atoms in total. The van der Waals surface area contributed by atoms with Crippen molar-refractivity contribution < 1.29 is 9.42 Å². The summed E-state index contributed by atoms with van der Waals surface area (Å²) in [4.78, 5) is 13.0. The van der Waals surface area contributed by atoms with Crippen LogP contribution in [0.4, 0.5) is 5.82 Å². The van der Waals surface area contributed by atoms with Gasteiger partial charge in [-0.2, -0.15) is 9.78 Å². The summed E-state index contributed by atoms with van der Waals surface area (Å²) < 4.78 is 6.01. The smallest absolute Gasteiger partial charge is 0.294 e. The zero-order valence-electron chi connectivity index (χ0n) is 18.7. The Kier molecular flexibility index (Phi) is 5.83. The number of carbonyl (C=O) groups excluding carboxylic acids is 1. The van der Waals surface area contributed by atoms with Gasteiger partial charge in [0.25, 0.3) is 5.91 Å². The molecule has 0 aliphatic rings. The molecule has 10 heteroatoms. The summed E-state index contributed by atoms with van der Waals surface area (Å²) in [7, 11) is 0. The average molecular weight is 464 g/mol. The van der Waals surface area contributed by atoms with Crippen LogP contribution in [0.3, 0.4) is 0 Å². The fourth-order valence-corrected chi connectivity index (χ4v) is 3.50. The highest BCUT2D eigenvalue weighted by Crippen LogP contribution is 2.26. The van der Waals surface area contributed by atoms with Crippen molar-refractivity contribution in [3.05, 3.63) is 95.7 Å². The molecule has 0 spiro atoms. The number of carbonyl (C=O) groups is 1. The zero-order valence-corrected chi connectivity index (χ0v) is 18.7. The number of aryl methyl sites for hydroxylation is 1. The van der Waals surface area contributed by atoms with Crippen molar-refractivity contribution in [3.8, 4) is 28.2 Å². The van der Waals surface area contributed by atoms with Crippen LogP contribution in [-0.4, -0.2) is 37.4 Å². The van der Waals surface area contributed by atoms with Crippen LogP contribution in [0, 0.1) is 6.92 Å². The first-order valence-electron chi connectivity index (χ1n) is 10.7. The van der Waals surface area contributed by atoms with E-state index in [1.165, 1.54) is 4.68 Å². The van der Waals surface area contributed by atoms with E-state index >= 15 is 0 Å². The Morgan fingerprint density at radius 1 is 0.943 bits per heavy atom. The van der Waals surface area contributed by atoms with Crippen molar-refractivity contribution in [2.75, 3.05) is 5.73 Å². The molecule has 0 aliphatic heterocycles. The van der Waals surface area contributed by atoms with Gasteiger partial charge in [-0.1, -0.05) is 89.6 Å². The van der Waals surface area contributed by atoms with Crippen LogP contribution in [0.25, 0.3) is 28.2 Å². The monoisotopic (exact) mass is 464 g/mol. The number of nitrogens with one attached hydrogen (secondary N) is 1. The Morgan fingerprint density at radius 3 is 2.31 bits per heavy atom. The van der Waals surface area contributed by atoms with Crippen molar-refractivity contribution in [3.63, 3.8) is 0 Å². The SMILES string of the molecule is Cc1ccc(-c2c(C(=O)N/N=C\c3ccc(-c4ccccc4)cc3)nnn2-c2nonc2N)cc1. The lowest BCUT2D eigenvalue weighted by molar-refractivity contribution is 0.0950. The molecule has 0 unspecified atom stereocenters. The average Bonchev–Trinajstić information content (AvgIpc) is 3.51. The Balaban J connectivity index is 1.38. The summed E-state index contributed by atoms with van der Waals surface area (Å²) in [5, 5.41) is 19.6. The number of aromatic nitrogens is 5. The van der Waals surface area contributed by atoms with Gasteiger partial charge in [0.15, 0.2) is 5.69 Å². The molecule has 2 heterocycles. The fraction of sp³-hybridized carbons (Fsp3) is 0.0400. The molecule has 3 N–H and O–H groups in total. The van der Waals surface area contributed by atoms with Crippen molar-refractivity contribution in [2.45, 2.75) is 6.92 Å². The number of benzene rings is 3. The van der Waals surface area contributed by atoms with Gasteiger partial charge in [0, 0.05) is 5.56 Å². The predicted molar refractivity (Wildman–Crippen MR) is 131 cm³/mol. The zero-order chi connectivity index (χ0) is 24.2. The molecule has 3 aromatic carbocycles. The largest absolute Gasteiger partial charge is 0.378 e. The molecule has 0 aliphatic carbocycles. The van der Waals surface area contributed by atoms with E-state index in [2.05, 4.69) is 31.2 Å². The number of hydrogen-bond donors (Lipinski definition) is 2. The van der Waals surface area contributed by atoms with Crippen LogP contribution in [0.1, 0.15) is 21.6 Å². The van der Waals surface area contributed by atoms with Gasteiger partial charge in [-0.3, -0.25) is 4.79 Å². The van der Waals surface area contributed by atoms with Gasteiger partial charge < -0.3 is 5.73 Å². The maximum Gasteiger partial charge on any atom is 0.294 e. The summed E-state index contributed by atoms with van der Waals surface area (Å²) in [5.74, 6) is -0.389. The van der Waals surface area contributed by atoms with Crippen LogP contribution in [0.5, 0.6) is 0 Å². The highest BCUT2D eigenvalue weighted by molar-refractivity contribution is 5.98. The Morgan fingerprint density at radius 2 is 1.63 bits per heavy atom. The molecule has 0 atom stereocenters. The fourth-order valence-electron chi connectivity index (χ4n) is 3.50. The number of amides is 1. The molecular formula is C25H20N8O2. The molecule has 0 saturated heterocycles. The lowest BCUT2D eigenvalue weighted by Crippen LogP contribution is -2.19. The van der Waals surface area contributed by atoms with Crippen LogP contribution >= 0.6 is 0 Å². The quantitative estimate of drug-likeness (QED) is 0.289. The van der Waals surface area contributed by atoms with Crippen LogP contribution in [0.15, 0.2) is 88.6 Å². The number of nitrogens with zero attached hydrogens (tertiary/aromatic N) is 6. The number of rotatable bonds is 6. The lowest BCUT2D eigenvalue weighted by atomic mass is 10.0. The molecule has 0 bridgehead atoms. The molecule has 1 amide bonds. The van der Waals surface area contributed by atoms with Crippen molar-refractivity contribution in [1.29, 1.82) is 0 Å². The molecule has 172 valence electrons. The van der Waals surface area contributed by atoms with Crippen molar-refractivity contribution >= 4 is 17.9 Å². The molecule has 0 fully saturated rings. The predicted octanol–water partition coefficient (Wildman–Crippen LogP) is 3.64. The summed E-state index contributed by atoms with van der Waals surface area (Å²) in [6, 6.07) is 25.4. The minimum absolute atomic E-state index is 0.0205. The summed E-state index contributed by atoms with van der Waals surface area (Å²) in [5.41, 5.74) is 13.6. The van der Waals surface area contributed by atoms with E-state index in [1.807, 2.05) is 85.8 Å². The second-order valence-electron chi connectivity index (χ2n) is 7.72. The van der Waals surface area contributed by atoms with E-state index in [-0.39, 0.29) is 17.3 Å². The van der Waals surface area contributed by atoms with Crippen molar-refractivity contribution in [2.24, 2.45) is 5.10 Å². The number of hydrazone groups is 1. The normalized spacial score (nSPS) is 11.1. The van der Waals surface area contributed by atoms with Crippen LogP contribution in [-0.2, 0) is 0 Å². The van der Waals surface area contributed by atoms with E-state index in [9.17, 15) is 4.79 Å². The number of nitrogen functional groups attached to an aromatic ring is 1. The molecule has 5 rings (SSSR count).